The third-order valence-corrected chi connectivity index (χ3v) is 2.11. The molecule has 2 N–H and O–H groups in total. The van der Waals surface area contributed by atoms with E-state index in [1.807, 2.05) is 23.1 Å². The molecule has 0 unspecified atom stereocenters. The van der Waals surface area contributed by atoms with E-state index in [2.05, 4.69) is 29.6 Å². The Bertz CT molecular complexity index is 231. The summed E-state index contributed by atoms with van der Waals surface area (Å²) in [5.41, 5.74) is 0. The van der Waals surface area contributed by atoms with Gasteiger partial charge in [0.05, 0.1) is 6.54 Å². The molecule has 0 aliphatic carbocycles. The van der Waals surface area contributed by atoms with E-state index in [1.54, 1.807) is 0 Å². The summed E-state index contributed by atoms with van der Waals surface area (Å²) in [5, 5.41) is 10.9. The quantitative estimate of drug-likeness (QED) is 0.621. The Morgan fingerprint density at radius 2 is 2.00 bits per heavy atom. The number of hydrogen-bond donors (Lipinski definition) is 2. The van der Waals surface area contributed by atoms with Gasteiger partial charge in [-0.2, -0.15) is 5.10 Å². The zero-order valence-electron chi connectivity index (χ0n) is 9.74. The van der Waals surface area contributed by atoms with Gasteiger partial charge in [-0.25, -0.2) is 0 Å². The van der Waals surface area contributed by atoms with E-state index in [9.17, 15) is 0 Å². The van der Waals surface area contributed by atoms with Crippen LogP contribution in [0, 0.1) is 5.92 Å². The molecule has 0 aromatic carbocycles. The van der Waals surface area contributed by atoms with E-state index < -0.39 is 0 Å². The van der Waals surface area contributed by atoms with Crippen LogP contribution in [0.15, 0.2) is 18.5 Å². The molecular formula is C11H22N4. The molecule has 0 saturated heterocycles. The van der Waals surface area contributed by atoms with Crippen LogP contribution >= 0.6 is 0 Å². The molecule has 4 heteroatoms. The molecule has 0 radical (unpaired) electrons. The van der Waals surface area contributed by atoms with Crippen LogP contribution in [0.5, 0.6) is 0 Å². The fraction of sp³-hybridized carbons (Fsp3) is 0.727. The van der Waals surface area contributed by atoms with Crippen molar-refractivity contribution in [3.63, 3.8) is 0 Å². The second-order valence-corrected chi connectivity index (χ2v) is 4.12. The van der Waals surface area contributed by atoms with Crippen molar-refractivity contribution in [2.24, 2.45) is 5.92 Å². The first-order valence-electron chi connectivity index (χ1n) is 5.68. The van der Waals surface area contributed by atoms with Crippen LogP contribution in [-0.2, 0) is 6.54 Å². The topological polar surface area (TPSA) is 41.9 Å². The summed E-state index contributed by atoms with van der Waals surface area (Å²) in [6, 6.07) is 1.95. The van der Waals surface area contributed by atoms with Crippen LogP contribution in [0.3, 0.4) is 0 Å². The minimum atomic E-state index is 0.731. The normalized spacial score (nSPS) is 11.1. The Kier molecular flexibility index (Phi) is 6.04. The van der Waals surface area contributed by atoms with Gasteiger partial charge in [0, 0.05) is 32.0 Å². The van der Waals surface area contributed by atoms with Crippen molar-refractivity contribution >= 4 is 0 Å². The predicted molar refractivity (Wildman–Crippen MR) is 62.8 cm³/mol. The molecule has 1 rings (SSSR count). The third kappa shape index (κ3) is 6.25. The molecule has 0 aliphatic rings. The Morgan fingerprint density at radius 3 is 2.67 bits per heavy atom. The van der Waals surface area contributed by atoms with E-state index in [-0.39, 0.29) is 0 Å². The summed E-state index contributed by atoms with van der Waals surface area (Å²) < 4.78 is 1.94. The molecule has 0 atom stereocenters. The molecule has 1 aromatic heterocycles. The summed E-state index contributed by atoms with van der Waals surface area (Å²) in [6.45, 7) is 9.52. The maximum Gasteiger partial charge on any atom is 0.0533 e. The minimum Gasteiger partial charge on any atom is -0.315 e. The molecular weight excluding hydrogens is 188 g/mol. The summed E-state index contributed by atoms with van der Waals surface area (Å²) in [6.07, 6.45) is 3.79. The second-order valence-electron chi connectivity index (χ2n) is 4.12. The highest BCUT2D eigenvalue weighted by Gasteiger charge is 1.92. The lowest BCUT2D eigenvalue weighted by Crippen LogP contribution is -2.31. The molecule has 0 amide bonds. The van der Waals surface area contributed by atoms with Crippen molar-refractivity contribution in [3.05, 3.63) is 18.5 Å². The van der Waals surface area contributed by atoms with Gasteiger partial charge in [-0.05, 0) is 18.5 Å². The summed E-state index contributed by atoms with van der Waals surface area (Å²) >= 11 is 0. The van der Waals surface area contributed by atoms with Crippen LogP contribution < -0.4 is 10.6 Å². The molecule has 0 bridgehead atoms. The van der Waals surface area contributed by atoms with Crippen molar-refractivity contribution in [2.75, 3.05) is 26.2 Å². The van der Waals surface area contributed by atoms with Crippen LogP contribution in [0.1, 0.15) is 13.8 Å². The lowest BCUT2D eigenvalue weighted by atomic mass is 10.2. The van der Waals surface area contributed by atoms with Crippen molar-refractivity contribution in [2.45, 2.75) is 20.4 Å². The van der Waals surface area contributed by atoms with Gasteiger partial charge in [-0.15, -0.1) is 0 Å². The van der Waals surface area contributed by atoms with Gasteiger partial charge >= 0.3 is 0 Å². The first-order chi connectivity index (χ1) is 7.29. The number of nitrogens with one attached hydrogen (secondary N) is 2. The second kappa shape index (κ2) is 7.43. The molecule has 4 nitrogen and oxygen atoms in total. The predicted octanol–water partition coefficient (Wildman–Crippen LogP) is 0.718. The van der Waals surface area contributed by atoms with Crippen LogP contribution in [0.2, 0.25) is 0 Å². The Morgan fingerprint density at radius 1 is 1.20 bits per heavy atom. The van der Waals surface area contributed by atoms with Crippen molar-refractivity contribution in [1.82, 2.24) is 20.4 Å². The van der Waals surface area contributed by atoms with Gasteiger partial charge in [0.2, 0.25) is 0 Å². The fourth-order valence-electron chi connectivity index (χ4n) is 1.32. The van der Waals surface area contributed by atoms with E-state index in [4.69, 9.17) is 0 Å². The summed E-state index contributed by atoms with van der Waals surface area (Å²) in [5.74, 6) is 0.731. The Balaban J connectivity index is 1.85. The lowest BCUT2D eigenvalue weighted by molar-refractivity contribution is 0.514. The van der Waals surface area contributed by atoms with Gasteiger partial charge in [-0.3, -0.25) is 4.68 Å². The molecule has 0 spiro atoms. The highest BCUT2D eigenvalue weighted by Crippen LogP contribution is 1.85. The summed E-state index contributed by atoms with van der Waals surface area (Å²) in [4.78, 5) is 0. The first-order valence-corrected chi connectivity index (χ1v) is 5.68. The molecule has 0 aliphatic heterocycles. The van der Waals surface area contributed by atoms with Crippen molar-refractivity contribution in [3.8, 4) is 0 Å². The highest BCUT2D eigenvalue weighted by atomic mass is 15.3. The van der Waals surface area contributed by atoms with Gasteiger partial charge in [-0.1, -0.05) is 13.8 Å². The van der Waals surface area contributed by atoms with Gasteiger partial charge < -0.3 is 10.6 Å². The zero-order valence-corrected chi connectivity index (χ0v) is 9.74. The van der Waals surface area contributed by atoms with E-state index in [0.29, 0.717) is 0 Å². The molecule has 86 valence electrons. The highest BCUT2D eigenvalue weighted by molar-refractivity contribution is 4.77. The average molecular weight is 210 g/mol. The van der Waals surface area contributed by atoms with E-state index in [1.165, 1.54) is 0 Å². The van der Waals surface area contributed by atoms with Crippen LogP contribution in [0.4, 0.5) is 0 Å². The van der Waals surface area contributed by atoms with E-state index in [0.717, 1.165) is 38.6 Å². The number of hydrogen-bond acceptors (Lipinski definition) is 3. The maximum absolute atomic E-state index is 4.13. The largest absolute Gasteiger partial charge is 0.315 e. The van der Waals surface area contributed by atoms with Crippen molar-refractivity contribution in [1.29, 1.82) is 0 Å². The third-order valence-electron chi connectivity index (χ3n) is 2.11. The zero-order chi connectivity index (χ0) is 10.9. The van der Waals surface area contributed by atoms with Gasteiger partial charge in [0.15, 0.2) is 0 Å². The van der Waals surface area contributed by atoms with Crippen molar-refractivity contribution < 1.29 is 0 Å². The van der Waals surface area contributed by atoms with Gasteiger partial charge in [0.1, 0.15) is 0 Å². The number of rotatable bonds is 8. The average Bonchev–Trinajstić information content (AvgIpc) is 2.68. The van der Waals surface area contributed by atoms with Crippen LogP contribution in [-0.4, -0.2) is 36.0 Å². The molecule has 0 fully saturated rings. The number of nitrogens with zero attached hydrogens (tertiary/aromatic N) is 2. The number of aromatic nitrogens is 2. The smallest absolute Gasteiger partial charge is 0.0533 e. The SMILES string of the molecule is CC(C)CNCCNCCn1cccn1. The van der Waals surface area contributed by atoms with Crippen LogP contribution in [0.25, 0.3) is 0 Å². The maximum atomic E-state index is 4.13. The molecule has 1 heterocycles. The Hall–Kier alpha value is -0.870. The fourth-order valence-corrected chi connectivity index (χ4v) is 1.32. The molecule has 1 aromatic rings. The minimum absolute atomic E-state index is 0.731. The summed E-state index contributed by atoms with van der Waals surface area (Å²) in [7, 11) is 0. The lowest BCUT2D eigenvalue weighted by Gasteiger charge is -2.08. The molecule has 0 saturated carbocycles. The Labute approximate surface area is 92.1 Å². The first kappa shape index (κ1) is 12.2. The molecule has 15 heavy (non-hydrogen) atoms. The monoisotopic (exact) mass is 210 g/mol. The van der Waals surface area contributed by atoms with Gasteiger partial charge in [0.25, 0.3) is 0 Å². The standard InChI is InChI=1S/C11H22N4/c1-11(2)10-13-6-5-12-7-9-15-8-3-4-14-15/h3-4,8,11-13H,5-7,9-10H2,1-2H3. The van der Waals surface area contributed by atoms with E-state index >= 15 is 0 Å².